The number of aliphatic hydroxyl groups excluding tert-OH is 1. The predicted octanol–water partition coefficient (Wildman–Crippen LogP) is 3.32. The van der Waals surface area contributed by atoms with Crippen LogP contribution in [0, 0.1) is 0 Å². The average Bonchev–Trinajstić information content (AvgIpc) is 2.27. The van der Waals surface area contributed by atoms with Gasteiger partial charge in [0.05, 0.1) is 0 Å². The van der Waals surface area contributed by atoms with Gasteiger partial charge in [0.25, 0.3) is 0 Å². The second-order valence-electron chi connectivity index (χ2n) is 3.86. The smallest absolute Gasteiger partial charge is 0.396 e. The molecule has 0 aliphatic rings. The monoisotopic (exact) mass is 263 g/mol. The maximum absolute atomic E-state index is 12.3. The van der Waals surface area contributed by atoms with Gasteiger partial charge in [0, 0.05) is 24.4 Å². The van der Waals surface area contributed by atoms with E-state index in [0.29, 0.717) is 19.4 Å². The van der Waals surface area contributed by atoms with Crippen LogP contribution >= 0.6 is 0 Å². The Morgan fingerprint density at radius 2 is 1.94 bits per heavy atom. The van der Waals surface area contributed by atoms with Gasteiger partial charge in [0.2, 0.25) is 0 Å². The maximum atomic E-state index is 12.3. The third-order valence-electron chi connectivity index (χ3n) is 2.38. The molecule has 2 N–H and O–H groups in total. The van der Waals surface area contributed by atoms with Crippen LogP contribution in [-0.2, 0) is 0 Å². The highest BCUT2D eigenvalue weighted by Gasteiger charge is 2.29. The van der Waals surface area contributed by atoms with Gasteiger partial charge in [-0.15, -0.1) is 0 Å². The molecule has 0 bridgehead atoms. The molecule has 0 aliphatic heterocycles. The van der Waals surface area contributed by atoms with Gasteiger partial charge in [0.15, 0.2) is 0 Å². The van der Waals surface area contributed by atoms with E-state index in [0.717, 1.165) is 17.3 Å². The molecule has 0 spiro atoms. The van der Waals surface area contributed by atoms with E-state index in [1.54, 1.807) is 6.92 Å². The van der Waals surface area contributed by atoms with Crippen molar-refractivity contribution in [1.82, 2.24) is 5.32 Å². The number of rotatable bonds is 7. The molecule has 5 heteroatoms. The van der Waals surface area contributed by atoms with Crippen LogP contribution in [0.4, 0.5) is 13.2 Å². The Kier molecular flexibility index (Phi) is 7.43. The van der Waals surface area contributed by atoms with E-state index < -0.39 is 11.7 Å². The lowest BCUT2D eigenvalue weighted by molar-refractivity contribution is -0.0878. The zero-order valence-electron chi connectivity index (χ0n) is 10.8. The van der Waals surface area contributed by atoms with E-state index in [4.69, 9.17) is 5.11 Å². The molecule has 0 radical (unpaired) electrons. The van der Waals surface area contributed by atoms with Gasteiger partial charge in [-0.05, 0) is 32.3 Å². The predicted molar refractivity (Wildman–Crippen MR) is 67.0 cm³/mol. The van der Waals surface area contributed by atoms with Crippen molar-refractivity contribution in [2.24, 2.45) is 0 Å². The molecule has 0 aliphatic carbocycles. The molecule has 0 rings (SSSR count). The van der Waals surface area contributed by atoms with E-state index in [2.05, 4.69) is 11.9 Å². The first-order chi connectivity index (χ1) is 8.32. The number of allylic oxidation sites excluding steroid dienone is 5. The van der Waals surface area contributed by atoms with Crippen molar-refractivity contribution in [1.29, 1.82) is 0 Å². The van der Waals surface area contributed by atoms with Crippen molar-refractivity contribution < 1.29 is 18.3 Å². The summed E-state index contributed by atoms with van der Waals surface area (Å²) in [7, 11) is 0. The van der Waals surface area contributed by atoms with Crippen LogP contribution < -0.4 is 5.32 Å². The zero-order chi connectivity index (χ0) is 14.2. The fraction of sp³-hybridized carbons (Fsp3) is 0.538. The number of alkyl halides is 3. The number of nitrogens with one attached hydrogen (secondary N) is 1. The molecule has 0 heterocycles. The summed E-state index contributed by atoms with van der Waals surface area (Å²) in [5.41, 5.74) is 0.682. The van der Waals surface area contributed by atoms with Crippen LogP contribution in [0.15, 0.2) is 35.6 Å². The number of aliphatic hydroxyl groups is 1. The molecular formula is C13H20F3NO. The number of hydrogen-bond donors (Lipinski definition) is 2. The summed E-state index contributed by atoms with van der Waals surface area (Å²) in [6.07, 6.45) is -0.987. The Balaban J connectivity index is 4.84. The van der Waals surface area contributed by atoms with Gasteiger partial charge in [-0.3, -0.25) is 0 Å². The van der Waals surface area contributed by atoms with Crippen molar-refractivity contribution in [2.75, 3.05) is 13.2 Å². The van der Waals surface area contributed by atoms with Crippen LogP contribution in [0.1, 0.15) is 26.7 Å². The molecule has 0 unspecified atom stereocenters. The highest BCUT2D eigenvalue weighted by molar-refractivity contribution is 5.31. The van der Waals surface area contributed by atoms with Crippen LogP contribution in [0.25, 0.3) is 0 Å². The molecule has 0 amide bonds. The molecule has 0 fully saturated rings. The first kappa shape index (κ1) is 16.8. The third-order valence-corrected chi connectivity index (χ3v) is 2.38. The Hall–Kier alpha value is -1.23. The third kappa shape index (κ3) is 6.49. The highest BCUT2D eigenvalue weighted by atomic mass is 19.4. The van der Waals surface area contributed by atoms with Gasteiger partial charge >= 0.3 is 6.18 Å². The minimum Gasteiger partial charge on any atom is -0.396 e. The fourth-order valence-electron chi connectivity index (χ4n) is 1.34. The summed E-state index contributed by atoms with van der Waals surface area (Å²) >= 11 is 0. The lowest BCUT2D eigenvalue weighted by Crippen LogP contribution is -2.12. The maximum Gasteiger partial charge on any atom is 0.415 e. The molecule has 18 heavy (non-hydrogen) atoms. The molecule has 0 aromatic carbocycles. The molecular weight excluding hydrogens is 243 g/mol. The summed E-state index contributed by atoms with van der Waals surface area (Å²) in [4.78, 5) is 0. The average molecular weight is 263 g/mol. The van der Waals surface area contributed by atoms with Gasteiger partial charge in [0.1, 0.15) is 0 Å². The SMILES string of the molecule is C=C(/C=C\C(CCCO)=C(/C)NCC)C(F)(F)F. The second kappa shape index (κ2) is 7.97. The summed E-state index contributed by atoms with van der Waals surface area (Å²) in [6, 6.07) is 0. The highest BCUT2D eigenvalue weighted by Crippen LogP contribution is 2.25. The summed E-state index contributed by atoms with van der Waals surface area (Å²) in [6.45, 7) is 7.40. The van der Waals surface area contributed by atoms with E-state index in [9.17, 15) is 13.2 Å². The molecule has 0 atom stereocenters. The lowest BCUT2D eigenvalue weighted by Gasteiger charge is -2.10. The van der Waals surface area contributed by atoms with E-state index in [-0.39, 0.29) is 6.61 Å². The number of hydrogen-bond acceptors (Lipinski definition) is 2. The van der Waals surface area contributed by atoms with Gasteiger partial charge < -0.3 is 10.4 Å². The van der Waals surface area contributed by atoms with Crippen LogP contribution in [0.5, 0.6) is 0 Å². The molecule has 104 valence electrons. The fourth-order valence-corrected chi connectivity index (χ4v) is 1.34. The van der Waals surface area contributed by atoms with Crippen molar-refractivity contribution in [3.8, 4) is 0 Å². The van der Waals surface area contributed by atoms with Crippen molar-refractivity contribution in [3.05, 3.63) is 35.6 Å². The normalized spacial score (nSPS) is 13.7. The Morgan fingerprint density at radius 3 is 2.39 bits per heavy atom. The summed E-state index contributed by atoms with van der Waals surface area (Å²) in [5.74, 6) is 0. The second-order valence-corrected chi connectivity index (χ2v) is 3.86. The minimum absolute atomic E-state index is 0.0109. The van der Waals surface area contributed by atoms with E-state index >= 15 is 0 Å². The molecule has 0 saturated heterocycles. The summed E-state index contributed by atoms with van der Waals surface area (Å²) in [5, 5.41) is 11.8. The quantitative estimate of drug-likeness (QED) is 0.691. The Morgan fingerprint density at radius 1 is 1.33 bits per heavy atom. The van der Waals surface area contributed by atoms with E-state index in [1.165, 1.54) is 6.08 Å². The Bertz CT molecular complexity index is 330. The Labute approximate surface area is 106 Å². The molecule has 2 nitrogen and oxygen atoms in total. The molecule has 0 saturated carbocycles. The largest absolute Gasteiger partial charge is 0.415 e. The molecule has 0 aromatic heterocycles. The van der Waals surface area contributed by atoms with Crippen LogP contribution in [0.2, 0.25) is 0 Å². The summed E-state index contributed by atoms with van der Waals surface area (Å²) < 4.78 is 36.8. The zero-order valence-corrected chi connectivity index (χ0v) is 10.8. The van der Waals surface area contributed by atoms with Gasteiger partial charge in [-0.1, -0.05) is 18.7 Å². The lowest BCUT2D eigenvalue weighted by atomic mass is 10.1. The standard InChI is InChI=1S/C13H20F3NO/c1-4-17-11(3)12(6-5-9-18)8-7-10(2)13(14,15)16/h7-8,17-18H,2,4-6,9H2,1,3H3/b8-7-,12-11+. The topological polar surface area (TPSA) is 32.3 Å². The van der Waals surface area contributed by atoms with Crippen molar-refractivity contribution in [3.63, 3.8) is 0 Å². The van der Waals surface area contributed by atoms with Crippen molar-refractivity contribution in [2.45, 2.75) is 32.9 Å². The first-order valence-corrected chi connectivity index (χ1v) is 5.81. The van der Waals surface area contributed by atoms with E-state index in [1.807, 2.05) is 6.92 Å². The van der Waals surface area contributed by atoms with Crippen LogP contribution in [-0.4, -0.2) is 24.4 Å². The van der Waals surface area contributed by atoms with Gasteiger partial charge in [-0.2, -0.15) is 13.2 Å². The number of halogens is 3. The minimum atomic E-state index is -4.40. The molecule has 0 aromatic rings. The van der Waals surface area contributed by atoms with Crippen LogP contribution in [0.3, 0.4) is 0 Å². The first-order valence-electron chi connectivity index (χ1n) is 5.81. The van der Waals surface area contributed by atoms with Crippen molar-refractivity contribution >= 4 is 0 Å². The van der Waals surface area contributed by atoms with Gasteiger partial charge in [-0.25, -0.2) is 0 Å².